The molecule has 2 aromatic heterocycles. The van der Waals surface area contributed by atoms with Gasteiger partial charge in [0.2, 0.25) is 0 Å². The summed E-state index contributed by atoms with van der Waals surface area (Å²) >= 11 is 3.45. The van der Waals surface area contributed by atoms with Gasteiger partial charge in [-0.25, -0.2) is 4.68 Å². The Morgan fingerprint density at radius 2 is 2.11 bits per heavy atom. The molecule has 0 aliphatic rings. The first kappa shape index (κ1) is 12.0. The molecule has 19 heavy (non-hydrogen) atoms. The lowest BCUT2D eigenvalue weighted by Crippen LogP contribution is -2.04. The van der Waals surface area contributed by atoms with Crippen LogP contribution in [0.1, 0.15) is 5.76 Å². The summed E-state index contributed by atoms with van der Waals surface area (Å²) in [6.45, 7) is 0.617. The molecule has 0 saturated heterocycles. The molecule has 1 aromatic carbocycles. The van der Waals surface area contributed by atoms with E-state index >= 15 is 0 Å². The maximum absolute atomic E-state index is 5.38. The summed E-state index contributed by atoms with van der Waals surface area (Å²) in [6.07, 6.45) is 5.35. The molecule has 5 heteroatoms. The molecule has 0 amide bonds. The number of benzene rings is 1. The van der Waals surface area contributed by atoms with Gasteiger partial charge >= 0.3 is 0 Å². The van der Waals surface area contributed by atoms with Crippen molar-refractivity contribution < 1.29 is 4.42 Å². The van der Waals surface area contributed by atoms with Gasteiger partial charge in [0, 0.05) is 12.4 Å². The average molecular weight is 318 g/mol. The van der Waals surface area contributed by atoms with Crippen LogP contribution in [-0.2, 0) is 6.54 Å². The Bertz CT molecular complexity index is 661. The third-order valence-corrected chi connectivity index (χ3v) is 3.49. The second kappa shape index (κ2) is 5.32. The van der Waals surface area contributed by atoms with Crippen LogP contribution in [0.2, 0.25) is 0 Å². The number of aromatic nitrogens is 2. The zero-order valence-corrected chi connectivity index (χ0v) is 11.7. The number of halogens is 1. The van der Waals surface area contributed by atoms with Crippen molar-refractivity contribution >= 4 is 21.6 Å². The highest BCUT2D eigenvalue weighted by molar-refractivity contribution is 9.10. The molecule has 0 fully saturated rings. The fourth-order valence-corrected chi connectivity index (χ4v) is 2.20. The molecule has 0 unspecified atom stereocenters. The van der Waals surface area contributed by atoms with Gasteiger partial charge < -0.3 is 9.73 Å². The third kappa shape index (κ3) is 2.56. The van der Waals surface area contributed by atoms with Gasteiger partial charge in [-0.2, -0.15) is 5.10 Å². The van der Waals surface area contributed by atoms with E-state index in [0.717, 1.165) is 21.6 Å². The first-order valence-corrected chi connectivity index (χ1v) is 6.68. The minimum atomic E-state index is 0.617. The van der Waals surface area contributed by atoms with E-state index < -0.39 is 0 Å². The quantitative estimate of drug-likeness (QED) is 0.795. The van der Waals surface area contributed by atoms with Crippen molar-refractivity contribution in [3.8, 4) is 5.69 Å². The second-order valence-corrected chi connectivity index (χ2v) is 4.87. The monoisotopic (exact) mass is 317 g/mol. The van der Waals surface area contributed by atoms with Crippen molar-refractivity contribution in [1.29, 1.82) is 0 Å². The van der Waals surface area contributed by atoms with Crippen LogP contribution >= 0.6 is 15.9 Å². The summed E-state index contributed by atoms with van der Waals surface area (Å²) in [5, 5.41) is 7.61. The van der Waals surface area contributed by atoms with Crippen molar-refractivity contribution in [3.05, 3.63) is 65.3 Å². The van der Waals surface area contributed by atoms with Crippen LogP contribution in [0.3, 0.4) is 0 Å². The number of furan rings is 1. The Morgan fingerprint density at radius 1 is 1.21 bits per heavy atom. The summed E-state index contributed by atoms with van der Waals surface area (Å²) in [7, 11) is 0. The molecule has 0 atom stereocenters. The first-order chi connectivity index (χ1) is 9.34. The minimum Gasteiger partial charge on any atom is -0.466 e. The summed E-state index contributed by atoms with van der Waals surface area (Å²) in [5.41, 5.74) is 2.02. The summed E-state index contributed by atoms with van der Waals surface area (Å²) in [5.74, 6) is 0.871. The van der Waals surface area contributed by atoms with Gasteiger partial charge in [0.1, 0.15) is 5.76 Å². The van der Waals surface area contributed by atoms with Crippen LogP contribution in [0.4, 0.5) is 5.69 Å². The Hall–Kier alpha value is -2.01. The smallest absolute Gasteiger partial charge is 0.136 e. The van der Waals surface area contributed by atoms with Crippen molar-refractivity contribution in [2.24, 2.45) is 0 Å². The van der Waals surface area contributed by atoms with Crippen LogP contribution in [0.15, 0.2) is 63.9 Å². The fraction of sp³-hybridized carbons (Fsp3) is 0.0714. The first-order valence-electron chi connectivity index (χ1n) is 5.89. The van der Waals surface area contributed by atoms with Crippen LogP contribution in [0, 0.1) is 0 Å². The fourth-order valence-electron chi connectivity index (χ4n) is 1.86. The van der Waals surface area contributed by atoms with Crippen LogP contribution < -0.4 is 5.32 Å². The van der Waals surface area contributed by atoms with E-state index in [4.69, 9.17) is 4.42 Å². The van der Waals surface area contributed by atoms with E-state index in [1.165, 1.54) is 0 Å². The molecule has 3 rings (SSSR count). The molecular weight excluding hydrogens is 306 g/mol. The zero-order chi connectivity index (χ0) is 13.1. The predicted octanol–water partition coefficient (Wildman–Crippen LogP) is 3.84. The van der Waals surface area contributed by atoms with E-state index in [2.05, 4.69) is 26.3 Å². The zero-order valence-electron chi connectivity index (χ0n) is 10.1. The van der Waals surface area contributed by atoms with E-state index in [0.29, 0.717) is 6.54 Å². The normalized spacial score (nSPS) is 10.6. The van der Waals surface area contributed by atoms with Gasteiger partial charge in [-0.1, -0.05) is 12.1 Å². The van der Waals surface area contributed by atoms with Gasteiger partial charge in [0.05, 0.1) is 28.7 Å². The topological polar surface area (TPSA) is 43.0 Å². The van der Waals surface area contributed by atoms with Crippen molar-refractivity contribution in [1.82, 2.24) is 9.78 Å². The molecule has 3 aromatic rings. The Labute approximate surface area is 119 Å². The van der Waals surface area contributed by atoms with Crippen molar-refractivity contribution in [3.63, 3.8) is 0 Å². The maximum atomic E-state index is 5.38. The standard InChI is InChI=1S/C14H12BrN3O/c15-11-6-9-19-14(11)10-16-12-4-1-2-5-13(12)18-8-3-7-17-18/h1-9,16H,10H2. The van der Waals surface area contributed by atoms with Gasteiger partial charge in [0.25, 0.3) is 0 Å². The number of nitrogens with zero attached hydrogens (tertiary/aromatic N) is 2. The Kier molecular flexibility index (Phi) is 3.37. The highest BCUT2D eigenvalue weighted by Crippen LogP contribution is 2.22. The second-order valence-electron chi connectivity index (χ2n) is 4.01. The van der Waals surface area contributed by atoms with Gasteiger partial charge in [-0.3, -0.25) is 0 Å². The molecule has 1 N–H and O–H groups in total. The number of anilines is 1. The van der Waals surface area contributed by atoms with Crippen LogP contribution in [0.25, 0.3) is 5.69 Å². The molecular formula is C14H12BrN3O. The highest BCUT2D eigenvalue weighted by Gasteiger charge is 2.06. The number of rotatable bonds is 4. The lowest BCUT2D eigenvalue weighted by atomic mass is 10.2. The minimum absolute atomic E-state index is 0.617. The molecule has 0 saturated carbocycles. The van der Waals surface area contributed by atoms with E-state index in [9.17, 15) is 0 Å². The summed E-state index contributed by atoms with van der Waals surface area (Å²) in [6, 6.07) is 11.8. The largest absolute Gasteiger partial charge is 0.466 e. The Morgan fingerprint density at radius 3 is 2.84 bits per heavy atom. The number of hydrogen-bond donors (Lipinski definition) is 1. The van der Waals surface area contributed by atoms with Gasteiger partial charge in [-0.15, -0.1) is 0 Å². The lowest BCUT2D eigenvalue weighted by molar-refractivity contribution is 0.516. The highest BCUT2D eigenvalue weighted by atomic mass is 79.9. The molecule has 0 radical (unpaired) electrons. The molecule has 0 spiro atoms. The van der Waals surface area contributed by atoms with Crippen molar-refractivity contribution in [2.45, 2.75) is 6.54 Å². The summed E-state index contributed by atoms with van der Waals surface area (Å²) in [4.78, 5) is 0. The SMILES string of the molecule is Brc1ccoc1CNc1ccccc1-n1cccn1. The maximum Gasteiger partial charge on any atom is 0.136 e. The molecule has 0 bridgehead atoms. The average Bonchev–Trinajstić information content (AvgIpc) is 3.08. The predicted molar refractivity (Wildman–Crippen MR) is 77.3 cm³/mol. The third-order valence-electron chi connectivity index (χ3n) is 2.79. The van der Waals surface area contributed by atoms with Crippen LogP contribution in [0.5, 0.6) is 0 Å². The number of hydrogen-bond acceptors (Lipinski definition) is 3. The molecule has 96 valence electrons. The Balaban J connectivity index is 1.84. The molecule has 0 aliphatic heterocycles. The van der Waals surface area contributed by atoms with E-state index in [1.807, 2.05) is 47.3 Å². The van der Waals surface area contributed by atoms with Crippen LogP contribution in [-0.4, -0.2) is 9.78 Å². The van der Waals surface area contributed by atoms with Gasteiger partial charge in [-0.05, 0) is 40.2 Å². The molecule has 0 aliphatic carbocycles. The van der Waals surface area contributed by atoms with E-state index in [1.54, 1.807) is 12.5 Å². The van der Waals surface area contributed by atoms with E-state index in [-0.39, 0.29) is 0 Å². The number of para-hydroxylation sites is 2. The summed E-state index contributed by atoms with van der Waals surface area (Å²) < 4.78 is 8.19. The van der Waals surface area contributed by atoms with Crippen molar-refractivity contribution in [2.75, 3.05) is 5.32 Å². The van der Waals surface area contributed by atoms with Gasteiger partial charge in [0.15, 0.2) is 0 Å². The molecule has 2 heterocycles. The molecule has 4 nitrogen and oxygen atoms in total. The lowest BCUT2D eigenvalue weighted by Gasteiger charge is -2.11. The number of nitrogens with one attached hydrogen (secondary N) is 1.